The van der Waals surface area contributed by atoms with Crippen molar-refractivity contribution in [1.29, 1.82) is 0 Å². The quantitative estimate of drug-likeness (QED) is 0.740. The number of carbonyl (C=O) groups excluding carboxylic acids is 1. The first kappa shape index (κ1) is 16.5. The van der Waals surface area contributed by atoms with Crippen LogP contribution < -0.4 is 10.2 Å². The first-order chi connectivity index (χ1) is 9.56. The van der Waals surface area contributed by atoms with Crippen molar-refractivity contribution in [2.45, 2.75) is 32.2 Å². The Balaban J connectivity index is 2.65. The molecule has 1 atom stereocenters. The summed E-state index contributed by atoms with van der Waals surface area (Å²) in [4.78, 5) is 13.5. The van der Waals surface area contributed by atoms with Crippen molar-refractivity contribution in [2.75, 3.05) is 32.6 Å². The van der Waals surface area contributed by atoms with Gasteiger partial charge < -0.3 is 15.0 Å². The van der Waals surface area contributed by atoms with Gasteiger partial charge in [-0.2, -0.15) is 0 Å². The van der Waals surface area contributed by atoms with E-state index in [1.54, 1.807) is 0 Å². The smallest absolute Gasteiger partial charge is 0.307 e. The highest BCUT2D eigenvalue weighted by atomic mass is 16.5. The number of hydrogen-bond acceptors (Lipinski definition) is 4. The average molecular weight is 278 g/mol. The largest absolute Gasteiger partial charge is 0.469 e. The molecule has 0 bridgehead atoms. The monoisotopic (exact) mass is 278 g/mol. The molecule has 1 rings (SSSR count). The van der Waals surface area contributed by atoms with Gasteiger partial charge in [0.2, 0.25) is 0 Å². The number of nitrogens with one attached hydrogen (secondary N) is 1. The van der Waals surface area contributed by atoms with Crippen LogP contribution in [-0.2, 0) is 16.0 Å². The second kappa shape index (κ2) is 8.59. The Bertz CT molecular complexity index is 401. The molecule has 0 saturated carbocycles. The lowest BCUT2D eigenvalue weighted by Crippen LogP contribution is -2.34. The average Bonchev–Trinajstić information content (AvgIpc) is 2.45. The maximum absolute atomic E-state index is 11.5. The van der Waals surface area contributed by atoms with Gasteiger partial charge in [-0.3, -0.25) is 4.79 Å². The second-order valence-corrected chi connectivity index (χ2v) is 5.20. The van der Waals surface area contributed by atoms with E-state index in [4.69, 9.17) is 4.74 Å². The van der Waals surface area contributed by atoms with Crippen molar-refractivity contribution in [3.05, 3.63) is 29.8 Å². The Morgan fingerprint density at radius 2 is 1.95 bits per heavy atom. The molecule has 0 heterocycles. The normalized spacial score (nSPS) is 12.0. The van der Waals surface area contributed by atoms with Gasteiger partial charge in [-0.05, 0) is 37.1 Å². The molecule has 0 spiro atoms. The molecule has 0 fully saturated rings. The van der Waals surface area contributed by atoms with Crippen molar-refractivity contribution in [2.24, 2.45) is 0 Å². The third-order valence-electron chi connectivity index (χ3n) is 3.26. The number of nitrogens with zero attached hydrogens (tertiary/aromatic N) is 1. The topological polar surface area (TPSA) is 41.6 Å². The molecule has 0 aliphatic rings. The summed E-state index contributed by atoms with van der Waals surface area (Å²) in [6.45, 7) is 3.03. The van der Waals surface area contributed by atoms with Gasteiger partial charge in [0.1, 0.15) is 0 Å². The molecule has 112 valence electrons. The fourth-order valence-electron chi connectivity index (χ4n) is 2.06. The van der Waals surface area contributed by atoms with Gasteiger partial charge in [-0.15, -0.1) is 0 Å². The van der Waals surface area contributed by atoms with Crippen molar-refractivity contribution in [3.63, 3.8) is 0 Å². The second-order valence-electron chi connectivity index (χ2n) is 5.20. The fourth-order valence-corrected chi connectivity index (χ4v) is 2.06. The van der Waals surface area contributed by atoms with Gasteiger partial charge in [0, 0.05) is 25.8 Å². The van der Waals surface area contributed by atoms with Gasteiger partial charge >= 0.3 is 5.97 Å². The van der Waals surface area contributed by atoms with Crippen LogP contribution in [0.4, 0.5) is 5.69 Å². The van der Waals surface area contributed by atoms with E-state index in [9.17, 15) is 4.79 Å². The molecule has 0 aliphatic heterocycles. The maximum atomic E-state index is 11.5. The Kier molecular flexibility index (Phi) is 7.09. The summed E-state index contributed by atoms with van der Waals surface area (Å²) >= 11 is 0. The Labute approximate surface area is 122 Å². The lowest BCUT2D eigenvalue weighted by atomic mass is 10.0. The number of esters is 1. The van der Waals surface area contributed by atoms with Gasteiger partial charge in [0.05, 0.1) is 13.5 Å². The van der Waals surface area contributed by atoms with E-state index in [1.807, 2.05) is 14.1 Å². The van der Waals surface area contributed by atoms with E-state index in [0.717, 1.165) is 19.4 Å². The highest BCUT2D eigenvalue weighted by Gasteiger charge is 2.14. The summed E-state index contributed by atoms with van der Waals surface area (Å²) < 4.78 is 4.76. The van der Waals surface area contributed by atoms with Crippen molar-refractivity contribution in [3.8, 4) is 0 Å². The van der Waals surface area contributed by atoms with E-state index in [0.29, 0.717) is 6.42 Å². The van der Waals surface area contributed by atoms with Crippen LogP contribution in [0.3, 0.4) is 0 Å². The number of benzene rings is 1. The minimum Gasteiger partial charge on any atom is -0.469 e. The molecule has 0 amide bonds. The summed E-state index contributed by atoms with van der Waals surface area (Å²) in [5.74, 6) is -0.163. The van der Waals surface area contributed by atoms with Crippen molar-refractivity contribution >= 4 is 11.7 Å². The summed E-state index contributed by atoms with van der Waals surface area (Å²) in [7, 11) is 5.49. The maximum Gasteiger partial charge on any atom is 0.307 e. The predicted molar refractivity (Wildman–Crippen MR) is 83.2 cm³/mol. The van der Waals surface area contributed by atoms with Crippen molar-refractivity contribution < 1.29 is 9.53 Å². The molecule has 1 N–H and O–H groups in total. The number of methoxy groups -OCH3 is 1. The molecule has 1 aromatic rings. The minimum absolute atomic E-state index is 0.132. The van der Waals surface area contributed by atoms with E-state index in [2.05, 4.69) is 41.4 Å². The molecular formula is C16H26N2O2. The molecule has 4 nitrogen and oxygen atoms in total. The van der Waals surface area contributed by atoms with Crippen LogP contribution in [0.1, 0.15) is 25.3 Å². The van der Waals surface area contributed by atoms with E-state index < -0.39 is 0 Å². The summed E-state index contributed by atoms with van der Waals surface area (Å²) in [6.07, 6.45) is 2.30. The third kappa shape index (κ3) is 5.61. The number of anilines is 1. The summed E-state index contributed by atoms with van der Waals surface area (Å²) in [5.41, 5.74) is 2.41. The van der Waals surface area contributed by atoms with Crippen LogP contribution in [0.25, 0.3) is 0 Å². The highest BCUT2D eigenvalue weighted by Crippen LogP contribution is 2.14. The van der Waals surface area contributed by atoms with Crippen LogP contribution in [0, 0.1) is 0 Å². The number of hydrogen-bond donors (Lipinski definition) is 1. The molecule has 1 unspecified atom stereocenters. The van der Waals surface area contributed by atoms with Crippen LogP contribution >= 0.6 is 0 Å². The van der Waals surface area contributed by atoms with Crippen LogP contribution in [0.15, 0.2) is 24.3 Å². The van der Waals surface area contributed by atoms with Gasteiger partial charge in [0.15, 0.2) is 0 Å². The Hall–Kier alpha value is -1.55. The van der Waals surface area contributed by atoms with Crippen molar-refractivity contribution in [1.82, 2.24) is 5.32 Å². The lowest BCUT2D eigenvalue weighted by molar-refractivity contribution is -0.141. The summed E-state index contributed by atoms with van der Waals surface area (Å²) in [5, 5.41) is 3.41. The zero-order valence-corrected chi connectivity index (χ0v) is 13.0. The van der Waals surface area contributed by atoms with Crippen LogP contribution in [0.2, 0.25) is 0 Å². The molecule has 0 radical (unpaired) electrons. The minimum atomic E-state index is -0.163. The van der Waals surface area contributed by atoms with E-state index in [1.165, 1.54) is 18.4 Å². The number of ether oxygens (including phenoxy) is 1. The van der Waals surface area contributed by atoms with Crippen LogP contribution in [-0.4, -0.2) is 39.8 Å². The molecule has 1 aromatic carbocycles. The highest BCUT2D eigenvalue weighted by molar-refractivity contribution is 5.70. The first-order valence-electron chi connectivity index (χ1n) is 7.13. The fraction of sp³-hybridized carbons (Fsp3) is 0.562. The zero-order valence-electron chi connectivity index (χ0n) is 13.0. The zero-order chi connectivity index (χ0) is 15.0. The van der Waals surface area contributed by atoms with Gasteiger partial charge in [0.25, 0.3) is 0 Å². The van der Waals surface area contributed by atoms with Crippen LogP contribution in [0.5, 0.6) is 0 Å². The predicted octanol–water partition coefficient (Wildman–Crippen LogP) is 2.23. The number of carbonyl (C=O) groups is 1. The Morgan fingerprint density at radius 3 is 2.45 bits per heavy atom. The summed E-state index contributed by atoms with van der Waals surface area (Å²) in [6, 6.07) is 8.57. The Morgan fingerprint density at radius 1 is 1.30 bits per heavy atom. The van der Waals surface area contributed by atoms with Gasteiger partial charge in [-0.25, -0.2) is 0 Å². The standard InChI is InChI=1S/C16H26N2O2/c1-5-10-17-14(12-16(19)20-4)11-13-6-8-15(9-7-13)18(2)3/h6-9,14,17H,5,10-12H2,1-4H3. The molecule has 20 heavy (non-hydrogen) atoms. The molecule has 0 saturated heterocycles. The molecule has 0 aliphatic carbocycles. The SMILES string of the molecule is CCCNC(CC(=O)OC)Cc1ccc(N(C)C)cc1. The first-order valence-corrected chi connectivity index (χ1v) is 7.13. The van der Waals surface area contributed by atoms with E-state index >= 15 is 0 Å². The molecular weight excluding hydrogens is 252 g/mol. The lowest BCUT2D eigenvalue weighted by Gasteiger charge is -2.18. The van der Waals surface area contributed by atoms with Gasteiger partial charge in [-0.1, -0.05) is 19.1 Å². The molecule has 0 aromatic heterocycles. The van der Waals surface area contributed by atoms with E-state index in [-0.39, 0.29) is 12.0 Å². The molecule has 4 heteroatoms. The number of rotatable bonds is 8. The third-order valence-corrected chi connectivity index (χ3v) is 3.26.